The lowest BCUT2D eigenvalue weighted by atomic mass is 10.1. The van der Waals surface area contributed by atoms with Crippen molar-refractivity contribution >= 4 is 81.1 Å². The fraction of sp³-hybridized carbons (Fsp3) is 0.425. The number of unbranched alkanes of at least 4 members (excludes halogenated alkanes) is 1. The summed E-state index contributed by atoms with van der Waals surface area (Å²) in [5.74, 6) is -2.46. The van der Waals surface area contributed by atoms with E-state index in [0.29, 0.717) is 17.9 Å². The first kappa shape index (κ1) is 44.8. The highest BCUT2D eigenvalue weighted by Gasteiger charge is 2.39. The number of anilines is 1. The van der Waals surface area contributed by atoms with Gasteiger partial charge in [0.1, 0.15) is 30.0 Å². The van der Waals surface area contributed by atoms with Crippen LogP contribution in [-0.2, 0) is 57.8 Å². The molecule has 60 heavy (non-hydrogen) atoms. The van der Waals surface area contributed by atoms with Crippen molar-refractivity contribution in [3.05, 3.63) is 65.5 Å². The van der Waals surface area contributed by atoms with Crippen LogP contribution >= 0.6 is 11.8 Å². The smallest absolute Gasteiger partial charge is 0.325 e. The number of para-hydroxylation sites is 1. The highest BCUT2D eigenvalue weighted by molar-refractivity contribution is 8.00. The zero-order valence-corrected chi connectivity index (χ0v) is 34.5. The number of nitrogen functional groups attached to an aromatic ring is 1. The topological polar surface area (TPSA) is 272 Å². The molecule has 3 heterocycles. The van der Waals surface area contributed by atoms with Gasteiger partial charge in [-0.2, -0.15) is 0 Å². The van der Waals surface area contributed by atoms with Crippen molar-refractivity contribution in [2.45, 2.75) is 69.5 Å². The van der Waals surface area contributed by atoms with E-state index in [0.717, 1.165) is 83.5 Å². The number of nitrogens with one attached hydrogen (secondary N) is 4. The highest BCUT2D eigenvalue weighted by Crippen LogP contribution is 2.30. The third kappa shape index (κ3) is 11.5. The van der Waals surface area contributed by atoms with Gasteiger partial charge in [0.25, 0.3) is 0 Å². The van der Waals surface area contributed by atoms with Gasteiger partial charge in [0, 0.05) is 56.6 Å². The monoisotopic (exact) mass is 846 g/mol. The van der Waals surface area contributed by atoms with Crippen molar-refractivity contribution in [1.82, 2.24) is 40.7 Å². The number of benzene rings is 2. The molecule has 1 aliphatic heterocycles. The molecular formula is C40H50N10O9S. The van der Waals surface area contributed by atoms with E-state index in [2.05, 4.69) is 47.2 Å². The molecule has 0 aliphatic carbocycles. The van der Waals surface area contributed by atoms with Crippen molar-refractivity contribution in [1.29, 1.82) is 0 Å². The first-order valence-corrected chi connectivity index (χ1v) is 20.4. The van der Waals surface area contributed by atoms with E-state index in [-0.39, 0.29) is 44.1 Å². The number of amides is 6. The number of thioether (sulfide) groups is 1. The van der Waals surface area contributed by atoms with Gasteiger partial charge in [-0.05, 0) is 23.6 Å². The Morgan fingerprint density at radius 1 is 0.967 bits per heavy atom. The summed E-state index contributed by atoms with van der Waals surface area (Å²) in [6, 6.07) is 12.4. The van der Waals surface area contributed by atoms with Crippen molar-refractivity contribution in [3.63, 3.8) is 0 Å². The molecular weight excluding hydrogens is 797 g/mol. The number of aromatic nitrogens is 3. The molecule has 0 spiro atoms. The van der Waals surface area contributed by atoms with E-state index >= 15 is 0 Å². The van der Waals surface area contributed by atoms with Crippen molar-refractivity contribution in [2.75, 3.05) is 45.3 Å². The summed E-state index contributed by atoms with van der Waals surface area (Å²) in [5, 5.41) is 10.1. The van der Waals surface area contributed by atoms with Gasteiger partial charge < -0.3 is 46.8 Å². The third-order valence-electron chi connectivity index (χ3n) is 9.77. The second-order valence-electron chi connectivity index (χ2n) is 14.0. The molecule has 0 radical (unpaired) electrons. The number of urea groups is 1. The van der Waals surface area contributed by atoms with Crippen LogP contribution in [0.3, 0.4) is 0 Å². The Labute approximate surface area is 350 Å². The summed E-state index contributed by atoms with van der Waals surface area (Å²) in [6.45, 7) is 2.01. The minimum Gasteiger partial charge on any atom is -0.468 e. The number of hydrogen-bond donors (Lipinski definition) is 6. The summed E-state index contributed by atoms with van der Waals surface area (Å²) in [4.78, 5) is 98.0. The quantitative estimate of drug-likeness (QED) is 0.0533. The fourth-order valence-corrected chi connectivity index (χ4v) is 7.65. The number of pyridine rings is 1. The largest absolute Gasteiger partial charge is 0.468 e. The predicted octanol–water partition coefficient (Wildman–Crippen LogP) is 0.882. The van der Waals surface area contributed by atoms with Gasteiger partial charge in [0.2, 0.25) is 23.6 Å². The Hall–Kier alpha value is -6.28. The van der Waals surface area contributed by atoms with E-state index in [1.54, 1.807) is 0 Å². The van der Waals surface area contributed by atoms with Crippen LogP contribution in [0.25, 0.3) is 21.9 Å². The number of aryl methyl sites for hydroxylation is 1. The number of rotatable bonds is 20. The lowest BCUT2D eigenvalue weighted by Gasteiger charge is -2.20. The Balaban J connectivity index is 1.13. The van der Waals surface area contributed by atoms with Crippen molar-refractivity contribution < 1.29 is 43.0 Å². The molecule has 2 aromatic carbocycles. The maximum atomic E-state index is 13.2. The van der Waals surface area contributed by atoms with E-state index in [1.807, 2.05) is 48.5 Å². The number of nitrogens with zero attached hydrogens (tertiary/aromatic N) is 4. The molecule has 1 unspecified atom stereocenters. The molecule has 20 heteroatoms. The molecule has 6 amide bonds. The molecule has 5 rings (SSSR count). The van der Waals surface area contributed by atoms with Gasteiger partial charge in [-0.25, -0.2) is 14.8 Å². The number of ether oxygens (including phenoxy) is 2. The highest BCUT2D eigenvalue weighted by atomic mass is 32.2. The van der Waals surface area contributed by atoms with Gasteiger partial charge in [0.05, 0.1) is 30.5 Å². The normalized spacial score (nSPS) is 14.8. The molecule has 1 aliphatic rings. The van der Waals surface area contributed by atoms with E-state index in [4.69, 9.17) is 16.5 Å². The second kappa shape index (κ2) is 21.1. The molecule has 1 saturated heterocycles. The molecule has 19 nitrogen and oxygen atoms in total. The molecule has 3 atom stereocenters. The number of nitrogens with two attached hydrogens (primary N) is 2. The molecule has 0 saturated carbocycles. The summed E-state index contributed by atoms with van der Waals surface area (Å²) < 4.78 is 11.3. The van der Waals surface area contributed by atoms with Crippen LogP contribution in [0.4, 0.5) is 10.6 Å². The minimum atomic E-state index is -1.27. The van der Waals surface area contributed by atoms with Gasteiger partial charge in [-0.15, -0.1) is 11.8 Å². The van der Waals surface area contributed by atoms with E-state index in [1.165, 1.54) is 0 Å². The number of imidazole rings is 1. The third-order valence-corrected chi connectivity index (χ3v) is 11.1. The molecule has 2 aromatic heterocycles. The van der Waals surface area contributed by atoms with E-state index < -0.39 is 59.6 Å². The summed E-state index contributed by atoms with van der Waals surface area (Å²) in [6.07, 6.45) is 2.50. The first-order valence-electron chi connectivity index (χ1n) is 19.4. The predicted molar refractivity (Wildman–Crippen MR) is 223 cm³/mol. The molecule has 4 aromatic rings. The number of methoxy groups -OCH3 is 2. The zero-order chi connectivity index (χ0) is 43.3. The number of esters is 2. The maximum Gasteiger partial charge on any atom is 0.325 e. The van der Waals surface area contributed by atoms with Gasteiger partial charge in [-0.3, -0.25) is 33.7 Å². The van der Waals surface area contributed by atoms with Gasteiger partial charge in [-0.1, -0.05) is 55.8 Å². The number of fused-ring (bicyclic) bond motifs is 3. The fourth-order valence-electron chi connectivity index (χ4n) is 6.46. The van der Waals surface area contributed by atoms with Gasteiger partial charge >= 0.3 is 18.0 Å². The summed E-state index contributed by atoms with van der Waals surface area (Å²) in [7, 11) is 2.28. The van der Waals surface area contributed by atoms with Crippen LogP contribution < -0.4 is 32.7 Å². The molecule has 1 fully saturated rings. The van der Waals surface area contributed by atoms with Crippen LogP contribution in [0.5, 0.6) is 0 Å². The Morgan fingerprint density at radius 3 is 2.42 bits per heavy atom. The van der Waals surface area contributed by atoms with Crippen LogP contribution in [0.1, 0.15) is 49.6 Å². The summed E-state index contributed by atoms with van der Waals surface area (Å²) >= 11 is 0.956. The minimum absolute atomic E-state index is 0.124. The number of hydrogen-bond acceptors (Lipinski definition) is 14. The Kier molecular flexibility index (Phi) is 15.8. The molecule has 320 valence electrons. The van der Waals surface area contributed by atoms with Gasteiger partial charge in [0.15, 0.2) is 5.82 Å². The first-order chi connectivity index (χ1) is 28.8. The second-order valence-corrected chi connectivity index (χ2v) is 15.2. The standard InChI is InChI=1S/C40H50N10O9S/c1-4-5-10-30-48-34-35(25-8-6-7-9-27(25)46-36(34)42)50(30)21-24-13-11-23(12-14-24)18-43-31(51)15-16-49-32(52)17-29(38(49)55)60-22-28(37(54)44-20-33(53)58-2)47-40(57)45-19-26(41)39(56)59-3/h6-9,11-14,26,28-29H,4-5,10,15-22,41H2,1-3H3,(H2,42,46)(H,43,51)(H,44,54)(H2,45,47,57)/t26-,28-,29?/m1/s1. The van der Waals surface area contributed by atoms with Crippen LogP contribution in [0.15, 0.2) is 48.5 Å². The number of imide groups is 1. The number of carbonyl (C=O) groups excluding carboxylic acids is 7. The van der Waals surface area contributed by atoms with Crippen LogP contribution in [-0.4, -0.2) is 118 Å². The van der Waals surface area contributed by atoms with Crippen LogP contribution in [0, 0.1) is 0 Å². The van der Waals surface area contributed by atoms with Crippen molar-refractivity contribution in [2.24, 2.45) is 5.73 Å². The van der Waals surface area contributed by atoms with Crippen molar-refractivity contribution in [3.8, 4) is 0 Å². The lowest BCUT2D eigenvalue weighted by molar-refractivity contribution is -0.142. The summed E-state index contributed by atoms with van der Waals surface area (Å²) in [5.41, 5.74) is 16.3. The lowest BCUT2D eigenvalue weighted by Crippen LogP contribution is -2.54. The van der Waals surface area contributed by atoms with Crippen LogP contribution in [0.2, 0.25) is 0 Å². The molecule has 0 bridgehead atoms. The van der Waals surface area contributed by atoms with E-state index in [9.17, 15) is 33.6 Å². The maximum absolute atomic E-state index is 13.2. The SMILES string of the molecule is CCCCc1nc2c(N)nc3ccccc3c2n1Cc1ccc(CNC(=O)CCN2C(=O)CC(SC[C@@H](NC(=O)NC[C@@H](N)C(=O)OC)C(=O)NCC(=O)OC)C2=O)cc1. The number of likely N-dealkylation sites (tertiary alicyclic amines) is 1. The number of carbonyl (C=O) groups is 7. The molecule has 8 N–H and O–H groups in total. The Morgan fingerprint density at radius 2 is 1.70 bits per heavy atom. The average molecular weight is 847 g/mol. The Bertz CT molecular complexity index is 2230. The zero-order valence-electron chi connectivity index (χ0n) is 33.7. The average Bonchev–Trinajstić information content (AvgIpc) is 3.75.